The third-order valence-corrected chi connectivity index (χ3v) is 2.92. The molecule has 1 N–H and O–H groups in total. The van der Waals surface area contributed by atoms with E-state index in [9.17, 15) is 13.6 Å². The van der Waals surface area contributed by atoms with Gasteiger partial charge < -0.3 is 5.32 Å². The molecule has 1 aliphatic rings. The smallest absolute Gasteiger partial charge is 0.171 e. The second-order valence-corrected chi connectivity index (χ2v) is 4.35. The number of nitrogens with one attached hydrogen (secondary N) is 1. The van der Waals surface area contributed by atoms with E-state index in [0.717, 1.165) is 19.6 Å². The predicted molar refractivity (Wildman–Crippen MR) is 75.4 cm³/mol. The van der Waals surface area contributed by atoms with Crippen LogP contribution in [0.1, 0.15) is 30.8 Å². The fourth-order valence-corrected chi connectivity index (χ4v) is 1.98. The highest BCUT2D eigenvalue weighted by Gasteiger charge is 2.25. The zero-order valence-corrected chi connectivity index (χ0v) is 11.9. The van der Waals surface area contributed by atoms with E-state index in [4.69, 9.17) is 0 Å². The molecule has 1 saturated heterocycles. The number of rotatable bonds is 6. The Bertz CT molecular complexity index is 423. The summed E-state index contributed by atoms with van der Waals surface area (Å²) in [5.74, 6) is -0.622. The maximum atomic E-state index is 13.3. The molecule has 1 aromatic rings. The normalized spacial score (nSPS) is 15.0. The van der Waals surface area contributed by atoms with Crippen LogP contribution in [0.3, 0.4) is 0 Å². The van der Waals surface area contributed by atoms with Crippen molar-refractivity contribution in [1.29, 1.82) is 0 Å². The van der Waals surface area contributed by atoms with Gasteiger partial charge in [-0.3, -0.25) is 14.1 Å². The molecule has 1 aromatic heterocycles. The van der Waals surface area contributed by atoms with Gasteiger partial charge in [0.25, 0.3) is 0 Å². The molecule has 0 bridgehead atoms. The zero-order valence-electron chi connectivity index (χ0n) is 11.9. The summed E-state index contributed by atoms with van der Waals surface area (Å²) >= 11 is 0. The van der Waals surface area contributed by atoms with Gasteiger partial charge in [0.2, 0.25) is 0 Å². The van der Waals surface area contributed by atoms with Crippen LogP contribution in [-0.4, -0.2) is 48.5 Å². The van der Waals surface area contributed by atoms with Crippen LogP contribution in [0.4, 0.5) is 14.5 Å². The van der Waals surface area contributed by atoms with Crippen molar-refractivity contribution < 1.29 is 13.6 Å². The van der Waals surface area contributed by atoms with E-state index in [1.165, 1.54) is 12.3 Å². The molecule has 0 aromatic carbocycles. The Balaban J connectivity index is 0.000000956. The van der Waals surface area contributed by atoms with Crippen molar-refractivity contribution in [2.24, 2.45) is 0 Å². The average molecular weight is 285 g/mol. The summed E-state index contributed by atoms with van der Waals surface area (Å²) in [6.07, 6.45) is 2.38. The highest BCUT2D eigenvalue weighted by Crippen LogP contribution is 2.16. The van der Waals surface area contributed by atoms with E-state index < -0.39 is 5.82 Å². The van der Waals surface area contributed by atoms with Gasteiger partial charge >= 0.3 is 0 Å². The van der Waals surface area contributed by atoms with Gasteiger partial charge in [0.15, 0.2) is 12.1 Å². The highest BCUT2D eigenvalue weighted by atomic mass is 19.1. The number of anilines is 1. The van der Waals surface area contributed by atoms with Crippen molar-refractivity contribution in [3.63, 3.8) is 0 Å². The summed E-state index contributed by atoms with van der Waals surface area (Å²) in [4.78, 5) is 16.2. The van der Waals surface area contributed by atoms with Crippen molar-refractivity contribution in [3.05, 3.63) is 23.8 Å². The van der Waals surface area contributed by atoms with Crippen LogP contribution >= 0.6 is 0 Å². The van der Waals surface area contributed by atoms with Crippen LogP contribution < -0.4 is 5.32 Å². The van der Waals surface area contributed by atoms with Crippen molar-refractivity contribution in [1.82, 2.24) is 9.88 Å². The molecule has 0 amide bonds. The molecule has 0 radical (unpaired) electrons. The molecule has 0 aliphatic carbocycles. The molecule has 20 heavy (non-hydrogen) atoms. The van der Waals surface area contributed by atoms with Gasteiger partial charge in [0.1, 0.15) is 5.69 Å². The SMILES string of the molecule is CC.O=Cc1ncc(NC2CN(CCCF)C2)cc1F. The lowest BCUT2D eigenvalue weighted by molar-refractivity contribution is 0.111. The van der Waals surface area contributed by atoms with E-state index >= 15 is 0 Å². The van der Waals surface area contributed by atoms with E-state index in [1.54, 1.807) is 0 Å². The van der Waals surface area contributed by atoms with Gasteiger partial charge in [-0.15, -0.1) is 0 Å². The molecule has 0 saturated carbocycles. The second kappa shape index (κ2) is 8.58. The van der Waals surface area contributed by atoms with E-state index in [0.29, 0.717) is 18.4 Å². The number of hydrogen-bond donors (Lipinski definition) is 1. The van der Waals surface area contributed by atoms with Crippen molar-refractivity contribution >= 4 is 12.0 Å². The number of carbonyl (C=O) groups is 1. The van der Waals surface area contributed by atoms with E-state index in [1.807, 2.05) is 13.8 Å². The fraction of sp³-hybridized carbons (Fsp3) is 0.571. The predicted octanol–water partition coefficient (Wildman–Crippen LogP) is 2.52. The average Bonchev–Trinajstić information content (AvgIpc) is 2.43. The number of aromatic nitrogens is 1. The number of carbonyl (C=O) groups excluding carboxylic acids is 1. The lowest BCUT2D eigenvalue weighted by atomic mass is 10.1. The Morgan fingerprint density at radius 2 is 2.20 bits per heavy atom. The molecule has 2 rings (SSSR count). The Hall–Kier alpha value is -1.56. The third kappa shape index (κ3) is 4.52. The molecule has 1 fully saturated rings. The first kappa shape index (κ1) is 16.5. The van der Waals surface area contributed by atoms with Crippen LogP contribution in [0, 0.1) is 5.82 Å². The maximum Gasteiger partial charge on any atom is 0.171 e. The summed E-state index contributed by atoms with van der Waals surface area (Å²) in [5, 5.41) is 3.12. The molecule has 6 heteroatoms. The first-order valence-electron chi connectivity index (χ1n) is 6.88. The molecule has 0 atom stereocenters. The minimum absolute atomic E-state index is 0.182. The molecule has 0 spiro atoms. The Labute approximate surface area is 118 Å². The summed E-state index contributed by atoms with van der Waals surface area (Å²) in [5.41, 5.74) is 0.381. The lowest BCUT2D eigenvalue weighted by Gasteiger charge is -2.40. The van der Waals surface area contributed by atoms with Gasteiger partial charge in [-0.1, -0.05) is 13.8 Å². The Morgan fingerprint density at radius 3 is 2.75 bits per heavy atom. The number of halogens is 2. The second-order valence-electron chi connectivity index (χ2n) is 4.35. The number of nitrogens with zero attached hydrogens (tertiary/aromatic N) is 2. The van der Waals surface area contributed by atoms with Crippen molar-refractivity contribution in [2.45, 2.75) is 26.3 Å². The molecular formula is C14H21F2N3O. The number of hydrogen-bond acceptors (Lipinski definition) is 4. The number of pyridine rings is 1. The first-order chi connectivity index (χ1) is 9.72. The molecule has 2 heterocycles. The monoisotopic (exact) mass is 285 g/mol. The summed E-state index contributed by atoms with van der Waals surface area (Å²) < 4.78 is 25.2. The number of aldehydes is 1. The Kier molecular flexibility index (Phi) is 7.08. The first-order valence-corrected chi connectivity index (χ1v) is 6.88. The quantitative estimate of drug-likeness (QED) is 0.816. The molecular weight excluding hydrogens is 264 g/mol. The number of alkyl halides is 1. The Morgan fingerprint density at radius 1 is 1.50 bits per heavy atom. The minimum atomic E-state index is -0.622. The van der Waals surface area contributed by atoms with E-state index in [-0.39, 0.29) is 18.4 Å². The maximum absolute atomic E-state index is 13.3. The van der Waals surface area contributed by atoms with Crippen LogP contribution in [0.5, 0.6) is 0 Å². The van der Waals surface area contributed by atoms with Crippen LogP contribution in [0.15, 0.2) is 12.3 Å². The zero-order chi connectivity index (χ0) is 15.0. The van der Waals surface area contributed by atoms with Gasteiger partial charge in [0, 0.05) is 25.7 Å². The van der Waals surface area contributed by atoms with Gasteiger partial charge in [-0.2, -0.15) is 0 Å². The van der Waals surface area contributed by atoms with Gasteiger partial charge in [-0.05, 0) is 6.42 Å². The van der Waals surface area contributed by atoms with Gasteiger partial charge in [0.05, 0.1) is 24.6 Å². The standard InChI is InChI=1S/C12H15F2N3O.C2H6/c13-2-1-3-17-6-10(7-17)16-9-4-11(14)12(8-18)15-5-9;1-2/h4-5,8,10,16H,1-3,6-7H2;1-2H3. The van der Waals surface area contributed by atoms with Gasteiger partial charge in [-0.25, -0.2) is 9.37 Å². The fourth-order valence-electron chi connectivity index (χ4n) is 1.98. The minimum Gasteiger partial charge on any atom is -0.378 e. The van der Waals surface area contributed by atoms with Crippen molar-refractivity contribution in [3.8, 4) is 0 Å². The van der Waals surface area contributed by atoms with Crippen LogP contribution in [0.25, 0.3) is 0 Å². The lowest BCUT2D eigenvalue weighted by Crippen LogP contribution is -2.54. The van der Waals surface area contributed by atoms with Crippen LogP contribution in [0.2, 0.25) is 0 Å². The highest BCUT2D eigenvalue weighted by molar-refractivity contribution is 5.72. The molecule has 4 nitrogen and oxygen atoms in total. The van der Waals surface area contributed by atoms with Crippen LogP contribution in [-0.2, 0) is 0 Å². The third-order valence-electron chi connectivity index (χ3n) is 2.92. The largest absolute Gasteiger partial charge is 0.378 e. The summed E-state index contributed by atoms with van der Waals surface area (Å²) in [6, 6.07) is 1.49. The molecule has 112 valence electrons. The molecule has 0 unspecified atom stereocenters. The molecule has 1 aliphatic heterocycles. The number of likely N-dealkylation sites (tertiary alicyclic amines) is 1. The van der Waals surface area contributed by atoms with E-state index in [2.05, 4.69) is 15.2 Å². The topological polar surface area (TPSA) is 45.2 Å². The summed E-state index contributed by atoms with van der Waals surface area (Å²) in [6.45, 7) is 6.09. The summed E-state index contributed by atoms with van der Waals surface area (Å²) in [7, 11) is 0. The van der Waals surface area contributed by atoms with Crippen molar-refractivity contribution in [2.75, 3.05) is 31.6 Å².